The summed E-state index contributed by atoms with van der Waals surface area (Å²) in [5.74, 6) is 0.634. The smallest absolute Gasteiger partial charge is 0.249 e. The molecular formula is C12H18N6O2S. The van der Waals surface area contributed by atoms with Crippen LogP contribution in [-0.4, -0.2) is 60.1 Å². The first kappa shape index (κ1) is 14.2. The molecule has 114 valence electrons. The number of fused-ring (bicyclic) bond motifs is 1. The van der Waals surface area contributed by atoms with E-state index < -0.39 is 9.84 Å². The quantitative estimate of drug-likeness (QED) is 0.752. The van der Waals surface area contributed by atoms with Gasteiger partial charge < -0.3 is 10.2 Å². The van der Waals surface area contributed by atoms with Crippen LogP contribution in [0.15, 0.2) is 11.4 Å². The zero-order valence-electron chi connectivity index (χ0n) is 12.2. The maximum absolute atomic E-state index is 11.8. The van der Waals surface area contributed by atoms with Crippen LogP contribution < -0.4 is 10.2 Å². The van der Waals surface area contributed by atoms with Gasteiger partial charge >= 0.3 is 0 Å². The average molecular weight is 310 g/mol. The average Bonchev–Trinajstić information content (AvgIpc) is 2.79. The summed E-state index contributed by atoms with van der Waals surface area (Å²) in [4.78, 5) is 10.5. The van der Waals surface area contributed by atoms with Crippen LogP contribution in [0.2, 0.25) is 0 Å². The van der Waals surface area contributed by atoms with Gasteiger partial charge in [-0.1, -0.05) is 0 Å². The molecule has 1 aliphatic heterocycles. The summed E-state index contributed by atoms with van der Waals surface area (Å²) in [5.41, 5.74) is 1.31. The third kappa shape index (κ3) is 2.46. The van der Waals surface area contributed by atoms with Gasteiger partial charge in [0, 0.05) is 39.0 Å². The normalized spacial score (nSPS) is 20.1. The van der Waals surface area contributed by atoms with Crippen molar-refractivity contribution < 1.29 is 8.42 Å². The van der Waals surface area contributed by atoms with Crippen molar-refractivity contribution in [2.45, 2.75) is 18.1 Å². The number of sulfone groups is 1. The molecule has 1 fully saturated rings. The first-order chi connectivity index (χ1) is 9.88. The lowest BCUT2D eigenvalue weighted by Crippen LogP contribution is -2.50. The fraction of sp³-hybridized carbons (Fsp3) is 0.583. The maximum atomic E-state index is 11.8. The Morgan fingerprint density at radius 1 is 1.38 bits per heavy atom. The highest BCUT2D eigenvalue weighted by molar-refractivity contribution is 7.90. The van der Waals surface area contributed by atoms with E-state index in [2.05, 4.69) is 32.2 Å². The molecule has 1 aliphatic rings. The molecule has 3 rings (SSSR count). The number of piperazine rings is 1. The first-order valence-corrected chi connectivity index (χ1v) is 8.64. The van der Waals surface area contributed by atoms with Crippen LogP contribution in [0.25, 0.3) is 11.0 Å². The standard InChI is InChI=1S/C12H18N6O2S/c1-8-6-13-4-5-18(8)11-10-9(7-14-17(10)2)15-12(16-11)21(3,19)20/h7-8,13H,4-6H2,1-3H3/t8-/m0/s1. The molecule has 0 bridgehead atoms. The van der Waals surface area contributed by atoms with Gasteiger partial charge in [-0.05, 0) is 6.92 Å². The highest BCUT2D eigenvalue weighted by Crippen LogP contribution is 2.26. The van der Waals surface area contributed by atoms with E-state index >= 15 is 0 Å². The zero-order valence-corrected chi connectivity index (χ0v) is 13.1. The Morgan fingerprint density at radius 3 is 2.81 bits per heavy atom. The van der Waals surface area contributed by atoms with E-state index in [1.54, 1.807) is 10.9 Å². The molecule has 1 saturated heterocycles. The molecule has 1 atom stereocenters. The van der Waals surface area contributed by atoms with Gasteiger partial charge in [0.2, 0.25) is 15.0 Å². The van der Waals surface area contributed by atoms with Crippen molar-refractivity contribution in [1.82, 2.24) is 25.1 Å². The Hall–Kier alpha value is -1.74. The molecule has 1 N–H and O–H groups in total. The summed E-state index contributed by atoms with van der Waals surface area (Å²) in [7, 11) is -1.66. The summed E-state index contributed by atoms with van der Waals surface area (Å²) in [6.45, 7) is 4.51. The van der Waals surface area contributed by atoms with E-state index in [-0.39, 0.29) is 11.2 Å². The number of hydrogen-bond acceptors (Lipinski definition) is 7. The monoisotopic (exact) mass is 310 g/mol. The van der Waals surface area contributed by atoms with Crippen LogP contribution in [0, 0.1) is 0 Å². The van der Waals surface area contributed by atoms with Gasteiger partial charge in [-0.15, -0.1) is 0 Å². The predicted molar refractivity (Wildman–Crippen MR) is 79.1 cm³/mol. The van der Waals surface area contributed by atoms with E-state index in [1.165, 1.54) is 0 Å². The lowest BCUT2D eigenvalue weighted by atomic mass is 10.2. The summed E-state index contributed by atoms with van der Waals surface area (Å²) >= 11 is 0. The second-order valence-corrected chi connectivity index (χ2v) is 7.26. The minimum Gasteiger partial charge on any atom is -0.349 e. The van der Waals surface area contributed by atoms with E-state index in [0.717, 1.165) is 31.4 Å². The van der Waals surface area contributed by atoms with E-state index in [0.29, 0.717) is 11.3 Å². The van der Waals surface area contributed by atoms with Gasteiger partial charge in [-0.2, -0.15) is 10.1 Å². The molecule has 8 nitrogen and oxygen atoms in total. The summed E-state index contributed by atoms with van der Waals surface area (Å²) in [6, 6.07) is 0.221. The first-order valence-electron chi connectivity index (χ1n) is 6.75. The number of nitrogens with one attached hydrogen (secondary N) is 1. The number of anilines is 1. The predicted octanol–water partition coefficient (Wildman–Crippen LogP) is -0.435. The van der Waals surface area contributed by atoms with Crippen LogP contribution >= 0.6 is 0 Å². The Morgan fingerprint density at radius 2 is 2.14 bits per heavy atom. The van der Waals surface area contributed by atoms with Gasteiger partial charge in [0.25, 0.3) is 0 Å². The van der Waals surface area contributed by atoms with Crippen molar-refractivity contribution in [1.29, 1.82) is 0 Å². The fourth-order valence-electron chi connectivity index (χ4n) is 2.56. The van der Waals surface area contributed by atoms with Crippen molar-refractivity contribution in [3.63, 3.8) is 0 Å². The van der Waals surface area contributed by atoms with Gasteiger partial charge in [0.1, 0.15) is 11.0 Å². The molecule has 2 aromatic heterocycles. The largest absolute Gasteiger partial charge is 0.349 e. The third-order valence-electron chi connectivity index (χ3n) is 3.65. The number of nitrogens with zero attached hydrogens (tertiary/aromatic N) is 5. The van der Waals surface area contributed by atoms with Crippen molar-refractivity contribution in [2.75, 3.05) is 30.8 Å². The summed E-state index contributed by atoms with van der Waals surface area (Å²) < 4.78 is 25.3. The molecule has 0 saturated carbocycles. The van der Waals surface area contributed by atoms with Crippen molar-refractivity contribution in [2.24, 2.45) is 7.05 Å². The Bertz CT molecular complexity index is 784. The Labute approximate surface area is 123 Å². The molecule has 0 aliphatic carbocycles. The molecule has 9 heteroatoms. The van der Waals surface area contributed by atoms with Gasteiger partial charge in [-0.3, -0.25) is 4.68 Å². The number of aryl methyl sites for hydroxylation is 1. The van der Waals surface area contributed by atoms with Crippen LogP contribution in [0.3, 0.4) is 0 Å². The van der Waals surface area contributed by atoms with Gasteiger partial charge in [0.15, 0.2) is 5.82 Å². The number of aromatic nitrogens is 4. The van der Waals surface area contributed by atoms with E-state index in [9.17, 15) is 8.42 Å². The fourth-order valence-corrected chi connectivity index (χ4v) is 3.08. The SMILES string of the molecule is C[C@H]1CNCCN1c1nc(S(C)(=O)=O)nc2cnn(C)c12. The highest BCUT2D eigenvalue weighted by atomic mass is 32.2. The zero-order chi connectivity index (χ0) is 15.2. The van der Waals surface area contributed by atoms with Crippen LogP contribution in [0.1, 0.15) is 6.92 Å². The summed E-state index contributed by atoms with van der Waals surface area (Å²) in [5, 5.41) is 7.34. The molecule has 3 heterocycles. The van der Waals surface area contributed by atoms with E-state index in [4.69, 9.17) is 0 Å². The molecule has 0 radical (unpaired) electrons. The topological polar surface area (TPSA) is 93.0 Å². The van der Waals surface area contributed by atoms with Crippen molar-refractivity contribution in [3.05, 3.63) is 6.20 Å². The summed E-state index contributed by atoms with van der Waals surface area (Å²) in [6.07, 6.45) is 2.69. The second kappa shape index (κ2) is 4.92. The molecule has 2 aromatic rings. The lowest BCUT2D eigenvalue weighted by Gasteiger charge is -2.35. The Balaban J connectivity index is 2.25. The molecular weight excluding hydrogens is 292 g/mol. The van der Waals surface area contributed by atoms with Crippen LogP contribution in [0.5, 0.6) is 0 Å². The highest BCUT2D eigenvalue weighted by Gasteiger charge is 2.26. The minimum atomic E-state index is -3.47. The van der Waals surface area contributed by atoms with Crippen molar-refractivity contribution >= 4 is 26.7 Å². The third-order valence-corrected chi connectivity index (χ3v) is 4.50. The Kier molecular flexibility index (Phi) is 3.33. The van der Waals surface area contributed by atoms with E-state index in [1.807, 2.05) is 7.05 Å². The number of hydrogen-bond donors (Lipinski definition) is 1. The number of rotatable bonds is 2. The molecule has 0 spiro atoms. The molecule has 0 amide bonds. The van der Waals surface area contributed by atoms with Crippen molar-refractivity contribution in [3.8, 4) is 0 Å². The second-order valence-electron chi connectivity index (χ2n) is 5.35. The molecule has 0 aromatic carbocycles. The molecule has 0 unspecified atom stereocenters. The lowest BCUT2D eigenvalue weighted by molar-refractivity contribution is 0.496. The van der Waals surface area contributed by atoms with Gasteiger partial charge in [0.05, 0.1) is 6.20 Å². The van der Waals surface area contributed by atoms with Gasteiger partial charge in [-0.25, -0.2) is 13.4 Å². The van der Waals surface area contributed by atoms with Crippen LogP contribution in [0.4, 0.5) is 5.82 Å². The van der Waals surface area contributed by atoms with Crippen LogP contribution in [-0.2, 0) is 16.9 Å². The molecule has 21 heavy (non-hydrogen) atoms. The maximum Gasteiger partial charge on any atom is 0.249 e. The minimum absolute atomic E-state index is 0.149.